The standard InChI is InChI=1S/C26H30O4/c1-17(2)22-16-20-14-15-21(22)23(29-24(27)18-10-6-4-7-11-18)26(20,3)30-25(28)19-12-8-5-9-13-19/h4-13,17,20-23H,14-16H2,1-3H3. The SMILES string of the molecule is CC(C)C1CC2CCC1C(OC(=O)c1ccccc1)C2(C)OC(=O)c1ccccc1. The Hall–Kier alpha value is -2.62. The van der Waals surface area contributed by atoms with E-state index in [4.69, 9.17) is 9.47 Å². The molecule has 3 aliphatic rings. The Kier molecular flexibility index (Phi) is 5.68. The lowest BCUT2D eigenvalue weighted by molar-refractivity contribution is -0.201. The van der Waals surface area contributed by atoms with Crippen LogP contribution in [0.3, 0.4) is 0 Å². The molecule has 3 aliphatic carbocycles. The molecule has 0 N–H and O–H groups in total. The summed E-state index contributed by atoms with van der Waals surface area (Å²) in [6.45, 7) is 6.42. The molecule has 158 valence electrons. The fourth-order valence-electron chi connectivity index (χ4n) is 5.49. The monoisotopic (exact) mass is 406 g/mol. The van der Waals surface area contributed by atoms with Crippen molar-refractivity contribution in [1.82, 2.24) is 0 Å². The van der Waals surface area contributed by atoms with E-state index in [2.05, 4.69) is 13.8 Å². The average Bonchev–Trinajstić information content (AvgIpc) is 2.77. The van der Waals surface area contributed by atoms with E-state index in [1.807, 2.05) is 43.3 Å². The van der Waals surface area contributed by atoms with Gasteiger partial charge in [-0.1, -0.05) is 50.2 Å². The third kappa shape index (κ3) is 3.76. The second-order valence-corrected chi connectivity index (χ2v) is 9.21. The third-order valence-electron chi connectivity index (χ3n) is 7.14. The molecule has 4 nitrogen and oxygen atoms in total. The summed E-state index contributed by atoms with van der Waals surface area (Å²) in [5, 5.41) is 0. The Balaban J connectivity index is 1.64. The summed E-state index contributed by atoms with van der Waals surface area (Å²) in [6.07, 6.45) is 2.54. The van der Waals surface area contributed by atoms with Crippen LogP contribution in [0.4, 0.5) is 0 Å². The van der Waals surface area contributed by atoms with Crippen LogP contribution in [-0.2, 0) is 9.47 Å². The maximum Gasteiger partial charge on any atom is 0.338 e. The van der Waals surface area contributed by atoms with Gasteiger partial charge in [-0.2, -0.15) is 0 Å². The van der Waals surface area contributed by atoms with Crippen molar-refractivity contribution in [2.24, 2.45) is 23.7 Å². The van der Waals surface area contributed by atoms with E-state index >= 15 is 0 Å². The first-order valence-corrected chi connectivity index (χ1v) is 10.9. The highest BCUT2D eigenvalue weighted by atomic mass is 16.6. The lowest BCUT2D eigenvalue weighted by Gasteiger charge is -2.57. The summed E-state index contributed by atoms with van der Waals surface area (Å²) >= 11 is 0. The number of carbonyl (C=O) groups is 2. The Bertz CT molecular complexity index is 892. The number of hydrogen-bond acceptors (Lipinski definition) is 4. The highest BCUT2D eigenvalue weighted by Crippen LogP contribution is 2.55. The van der Waals surface area contributed by atoms with E-state index in [0.717, 1.165) is 19.3 Å². The Morgan fingerprint density at radius 3 is 2.03 bits per heavy atom. The third-order valence-corrected chi connectivity index (χ3v) is 7.14. The molecule has 5 atom stereocenters. The van der Waals surface area contributed by atoms with Gasteiger partial charge in [-0.15, -0.1) is 0 Å². The first-order chi connectivity index (χ1) is 14.4. The van der Waals surface area contributed by atoms with Gasteiger partial charge in [-0.05, 0) is 62.3 Å². The van der Waals surface area contributed by atoms with Crippen molar-refractivity contribution in [2.75, 3.05) is 0 Å². The first-order valence-electron chi connectivity index (χ1n) is 10.9. The molecule has 2 aromatic rings. The van der Waals surface area contributed by atoms with Crippen molar-refractivity contribution < 1.29 is 19.1 Å². The highest BCUT2D eigenvalue weighted by molar-refractivity contribution is 5.90. The van der Waals surface area contributed by atoms with Crippen LogP contribution >= 0.6 is 0 Å². The van der Waals surface area contributed by atoms with Gasteiger partial charge in [0.05, 0.1) is 11.1 Å². The number of esters is 2. The van der Waals surface area contributed by atoms with Gasteiger partial charge in [0, 0.05) is 11.8 Å². The Morgan fingerprint density at radius 1 is 0.900 bits per heavy atom. The smallest absolute Gasteiger partial charge is 0.338 e. The lowest BCUT2D eigenvalue weighted by atomic mass is 9.54. The zero-order valence-corrected chi connectivity index (χ0v) is 17.9. The fraction of sp³-hybridized carbons (Fsp3) is 0.462. The fourth-order valence-corrected chi connectivity index (χ4v) is 5.49. The number of hydrogen-bond donors (Lipinski definition) is 0. The van der Waals surface area contributed by atoms with Crippen LogP contribution in [0.25, 0.3) is 0 Å². The Labute approximate surface area is 178 Å². The van der Waals surface area contributed by atoms with Crippen molar-refractivity contribution in [3.8, 4) is 0 Å². The molecule has 0 aromatic heterocycles. The van der Waals surface area contributed by atoms with Crippen LogP contribution in [0.2, 0.25) is 0 Å². The molecule has 5 rings (SSSR count). The summed E-state index contributed by atoms with van der Waals surface area (Å²) in [6, 6.07) is 18.1. The van der Waals surface area contributed by atoms with Crippen LogP contribution in [-0.4, -0.2) is 23.6 Å². The van der Waals surface area contributed by atoms with Gasteiger partial charge in [0.25, 0.3) is 0 Å². The largest absolute Gasteiger partial charge is 0.454 e. The molecule has 0 saturated heterocycles. The number of benzene rings is 2. The zero-order chi connectivity index (χ0) is 21.3. The summed E-state index contributed by atoms with van der Waals surface area (Å²) in [5.41, 5.74) is 0.219. The van der Waals surface area contributed by atoms with Crippen LogP contribution in [0.5, 0.6) is 0 Å². The highest BCUT2D eigenvalue weighted by Gasteiger charge is 2.60. The minimum absolute atomic E-state index is 0.177. The molecule has 0 heterocycles. The van der Waals surface area contributed by atoms with E-state index in [-0.39, 0.29) is 23.8 Å². The quantitative estimate of drug-likeness (QED) is 0.613. The molecule has 2 aromatic carbocycles. The number of carbonyl (C=O) groups excluding carboxylic acids is 2. The molecule has 30 heavy (non-hydrogen) atoms. The van der Waals surface area contributed by atoms with Crippen molar-refractivity contribution >= 4 is 11.9 Å². The normalized spacial score (nSPS) is 30.1. The molecule has 4 heteroatoms. The number of rotatable bonds is 5. The van der Waals surface area contributed by atoms with Gasteiger partial charge in [-0.25, -0.2) is 9.59 Å². The van der Waals surface area contributed by atoms with Crippen LogP contribution in [0, 0.1) is 23.7 Å². The number of ether oxygens (including phenoxy) is 2. The van der Waals surface area contributed by atoms with Gasteiger partial charge >= 0.3 is 11.9 Å². The van der Waals surface area contributed by atoms with Gasteiger partial charge < -0.3 is 9.47 Å². The van der Waals surface area contributed by atoms with E-state index in [1.165, 1.54) is 0 Å². The molecule has 0 spiro atoms. The molecule has 0 aliphatic heterocycles. The van der Waals surface area contributed by atoms with E-state index in [1.54, 1.807) is 24.3 Å². The predicted molar refractivity (Wildman–Crippen MR) is 115 cm³/mol. The van der Waals surface area contributed by atoms with Gasteiger partial charge in [-0.3, -0.25) is 0 Å². The Morgan fingerprint density at radius 2 is 1.47 bits per heavy atom. The summed E-state index contributed by atoms with van der Waals surface area (Å²) in [5.74, 6) is 0.614. The van der Waals surface area contributed by atoms with Gasteiger partial charge in [0.2, 0.25) is 0 Å². The second kappa shape index (κ2) is 8.25. The topological polar surface area (TPSA) is 52.6 Å². The molecule has 0 amide bonds. The maximum atomic E-state index is 12.9. The lowest BCUT2D eigenvalue weighted by Crippen LogP contribution is -2.63. The van der Waals surface area contributed by atoms with Gasteiger partial charge in [0.1, 0.15) is 11.7 Å². The molecule has 3 saturated carbocycles. The average molecular weight is 407 g/mol. The summed E-state index contributed by atoms with van der Waals surface area (Å²) in [7, 11) is 0. The second-order valence-electron chi connectivity index (χ2n) is 9.21. The van der Waals surface area contributed by atoms with Crippen molar-refractivity contribution in [3.63, 3.8) is 0 Å². The van der Waals surface area contributed by atoms with Crippen molar-refractivity contribution in [2.45, 2.75) is 51.7 Å². The van der Waals surface area contributed by atoms with Gasteiger partial charge in [0.15, 0.2) is 0 Å². The molecule has 5 unspecified atom stereocenters. The molecule has 2 bridgehead atoms. The summed E-state index contributed by atoms with van der Waals surface area (Å²) in [4.78, 5) is 25.9. The first kappa shape index (κ1) is 20.6. The maximum absolute atomic E-state index is 12.9. The minimum atomic E-state index is -0.828. The number of fused-ring (bicyclic) bond motifs is 3. The van der Waals surface area contributed by atoms with Crippen molar-refractivity contribution in [3.05, 3.63) is 71.8 Å². The van der Waals surface area contributed by atoms with E-state index in [9.17, 15) is 9.59 Å². The van der Waals surface area contributed by atoms with Crippen LogP contribution < -0.4 is 0 Å². The van der Waals surface area contributed by atoms with Crippen LogP contribution in [0.15, 0.2) is 60.7 Å². The summed E-state index contributed by atoms with van der Waals surface area (Å²) < 4.78 is 12.3. The van der Waals surface area contributed by atoms with Crippen molar-refractivity contribution in [1.29, 1.82) is 0 Å². The predicted octanol–water partition coefficient (Wildman–Crippen LogP) is 5.53. The van der Waals surface area contributed by atoms with E-state index < -0.39 is 11.7 Å². The zero-order valence-electron chi connectivity index (χ0n) is 17.9. The molecule has 0 radical (unpaired) electrons. The molecular weight excluding hydrogens is 376 g/mol. The van der Waals surface area contributed by atoms with Crippen LogP contribution in [0.1, 0.15) is 60.7 Å². The molecular formula is C26H30O4. The molecule has 3 fully saturated rings. The minimum Gasteiger partial charge on any atom is -0.454 e. The van der Waals surface area contributed by atoms with E-state index in [0.29, 0.717) is 23.0 Å².